The van der Waals surface area contributed by atoms with Gasteiger partial charge < -0.3 is 21.3 Å². The average Bonchev–Trinajstić information content (AvgIpc) is 3.05. The summed E-state index contributed by atoms with van der Waals surface area (Å²) in [5.41, 5.74) is 9.32. The zero-order valence-corrected chi connectivity index (χ0v) is 18.1. The van der Waals surface area contributed by atoms with E-state index < -0.39 is 12.1 Å². The lowest BCUT2D eigenvalue weighted by atomic mass is 10.0. The van der Waals surface area contributed by atoms with Gasteiger partial charge in [-0.05, 0) is 48.8 Å². The number of hydrogen-bond donors (Lipinski definition) is 3. The molecule has 0 aliphatic carbocycles. The molecule has 8 heteroatoms. The first-order valence-electron chi connectivity index (χ1n) is 10.2. The van der Waals surface area contributed by atoms with Crippen LogP contribution in [0, 0.1) is 0 Å². The number of hydrogen-bond acceptors (Lipinski definition) is 5. The van der Waals surface area contributed by atoms with Crippen molar-refractivity contribution in [3.05, 3.63) is 52.8 Å². The van der Waals surface area contributed by atoms with Crippen molar-refractivity contribution >= 4 is 29.9 Å². The molecular formula is C23H28N6O2. The lowest BCUT2D eigenvalue weighted by Gasteiger charge is -2.13. The number of anilines is 1. The van der Waals surface area contributed by atoms with Gasteiger partial charge in [0.1, 0.15) is 11.9 Å². The first-order chi connectivity index (χ1) is 14.8. The van der Waals surface area contributed by atoms with Crippen LogP contribution in [0.4, 0.5) is 10.6 Å². The van der Waals surface area contributed by atoms with Crippen LogP contribution in [-0.2, 0) is 11.2 Å². The van der Waals surface area contributed by atoms with Crippen LogP contribution in [-0.4, -0.2) is 46.4 Å². The molecular weight excluding hydrogens is 392 g/mol. The number of amides is 3. The molecule has 3 rings (SSSR count). The topological polar surface area (TPSA) is 113 Å². The fraction of sp³-hybridized carbons (Fsp3) is 0.304. The number of nitrogens with zero attached hydrogens (tertiary/aromatic N) is 3. The van der Waals surface area contributed by atoms with E-state index in [0.29, 0.717) is 30.2 Å². The molecule has 1 aliphatic rings. The van der Waals surface area contributed by atoms with Crippen LogP contribution in [0.25, 0.3) is 23.4 Å². The van der Waals surface area contributed by atoms with Crippen molar-refractivity contribution in [3.8, 4) is 11.3 Å². The molecule has 0 bridgehead atoms. The Labute approximate surface area is 181 Å². The van der Waals surface area contributed by atoms with E-state index in [-0.39, 0.29) is 5.91 Å². The third-order valence-corrected chi connectivity index (χ3v) is 5.31. The lowest BCUT2D eigenvalue weighted by Crippen LogP contribution is -2.45. The summed E-state index contributed by atoms with van der Waals surface area (Å²) in [6.45, 7) is 8.50. The molecule has 2 aromatic heterocycles. The maximum absolute atomic E-state index is 12.3. The van der Waals surface area contributed by atoms with Gasteiger partial charge in [0.05, 0.1) is 5.69 Å². The molecule has 0 saturated carbocycles. The smallest absolute Gasteiger partial charge is 0.319 e. The molecule has 1 saturated heterocycles. The van der Waals surface area contributed by atoms with Gasteiger partial charge in [-0.2, -0.15) is 0 Å². The number of pyridine rings is 2. The van der Waals surface area contributed by atoms with E-state index in [9.17, 15) is 9.59 Å². The number of aryl methyl sites for hydroxylation is 1. The molecule has 0 spiro atoms. The van der Waals surface area contributed by atoms with Crippen LogP contribution < -0.4 is 26.8 Å². The fourth-order valence-electron chi connectivity index (χ4n) is 3.65. The van der Waals surface area contributed by atoms with Crippen molar-refractivity contribution in [3.63, 3.8) is 0 Å². The van der Waals surface area contributed by atoms with Gasteiger partial charge in [-0.25, -0.2) is 9.78 Å². The molecule has 1 fully saturated rings. The van der Waals surface area contributed by atoms with E-state index in [2.05, 4.69) is 34.1 Å². The number of allylic oxidation sites excluding steroid dienone is 1. The Morgan fingerprint density at radius 3 is 2.87 bits per heavy atom. The van der Waals surface area contributed by atoms with Gasteiger partial charge >= 0.3 is 6.03 Å². The molecule has 31 heavy (non-hydrogen) atoms. The van der Waals surface area contributed by atoms with Gasteiger partial charge in [-0.3, -0.25) is 9.78 Å². The minimum atomic E-state index is -0.515. The second kappa shape index (κ2) is 9.42. The SMILES string of the molecule is C=C(/C=c1/cc(-c2cnccc2CC)nc(N)/c1=C/C)NC(=O)NC1CCN(C)C1=O. The number of likely N-dealkylation sites (N-methyl/N-ethyl adjacent to an activating group) is 1. The quantitative estimate of drug-likeness (QED) is 0.666. The van der Waals surface area contributed by atoms with Crippen molar-refractivity contribution in [2.75, 3.05) is 19.3 Å². The van der Waals surface area contributed by atoms with Crippen molar-refractivity contribution in [2.24, 2.45) is 0 Å². The van der Waals surface area contributed by atoms with E-state index in [4.69, 9.17) is 5.73 Å². The summed E-state index contributed by atoms with van der Waals surface area (Å²) < 4.78 is 0. The highest BCUT2D eigenvalue weighted by atomic mass is 16.2. The summed E-state index contributed by atoms with van der Waals surface area (Å²) >= 11 is 0. The summed E-state index contributed by atoms with van der Waals surface area (Å²) in [7, 11) is 1.72. The highest BCUT2D eigenvalue weighted by molar-refractivity contribution is 5.89. The largest absolute Gasteiger partial charge is 0.383 e. The number of carbonyl (C=O) groups excluding carboxylic acids is 2. The Morgan fingerprint density at radius 2 is 2.23 bits per heavy atom. The normalized spacial score (nSPS) is 17.2. The minimum Gasteiger partial charge on any atom is -0.383 e. The van der Waals surface area contributed by atoms with Crippen LogP contribution in [0.15, 0.2) is 36.8 Å². The molecule has 0 radical (unpaired) electrons. The molecule has 4 N–H and O–H groups in total. The Balaban J connectivity index is 1.88. The second-order valence-corrected chi connectivity index (χ2v) is 7.44. The Morgan fingerprint density at radius 1 is 1.45 bits per heavy atom. The summed E-state index contributed by atoms with van der Waals surface area (Å²) in [4.78, 5) is 34.7. The van der Waals surface area contributed by atoms with Gasteiger partial charge in [-0.1, -0.05) is 19.6 Å². The molecule has 3 amide bonds. The number of rotatable bonds is 5. The number of likely N-dealkylation sites (tertiary alicyclic amines) is 1. The number of aromatic nitrogens is 2. The third kappa shape index (κ3) is 4.91. The van der Waals surface area contributed by atoms with Crippen LogP contribution in [0.3, 0.4) is 0 Å². The number of nitrogens with one attached hydrogen (secondary N) is 2. The number of nitrogen functional groups attached to an aromatic ring is 1. The highest BCUT2D eigenvalue weighted by Gasteiger charge is 2.30. The molecule has 2 aromatic rings. The molecule has 1 aliphatic heterocycles. The Hall–Kier alpha value is -3.68. The first-order valence-corrected chi connectivity index (χ1v) is 10.2. The highest BCUT2D eigenvalue weighted by Crippen LogP contribution is 2.20. The Bertz CT molecular complexity index is 1140. The van der Waals surface area contributed by atoms with E-state index in [0.717, 1.165) is 28.0 Å². The van der Waals surface area contributed by atoms with Gasteiger partial charge in [-0.15, -0.1) is 0 Å². The van der Waals surface area contributed by atoms with Crippen molar-refractivity contribution < 1.29 is 9.59 Å². The average molecular weight is 421 g/mol. The zero-order chi connectivity index (χ0) is 22.5. The van der Waals surface area contributed by atoms with Crippen LogP contribution >= 0.6 is 0 Å². The summed E-state index contributed by atoms with van der Waals surface area (Å²) in [5, 5.41) is 6.91. The number of carbonyl (C=O) groups is 2. The van der Waals surface area contributed by atoms with Crippen molar-refractivity contribution in [1.29, 1.82) is 0 Å². The number of urea groups is 1. The zero-order valence-electron chi connectivity index (χ0n) is 18.1. The molecule has 1 atom stereocenters. The van der Waals surface area contributed by atoms with Crippen LogP contribution in [0.1, 0.15) is 25.8 Å². The Kier molecular flexibility index (Phi) is 6.69. The van der Waals surface area contributed by atoms with Gasteiger partial charge in [0.15, 0.2) is 0 Å². The van der Waals surface area contributed by atoms with Crippen molar-refractivity contribution in [2.45, 2.75) is 32.7 Å². The lowest BCUT2D eigenvalue weighted by molar-refractivity contribution is -0.128. The predicted molar refractivity (Wildman–Crippen MR) is 122 cm³/mol. The van der Waals surface area contributed by atoms with Crippen LogP contribution in [0.2, 0.25) is 0 Å². The van der Waals surface area contributed by atoms with Gasteiger partial charge in [0.25, 0.3) is 0 Å². The van der Waals surface area contributed by atoms with Crippen molar-refractivity contribution in [1.82, 2.24) is 25.5 Å². The maximum atomic E-state index is 12.3. The fourth-order valence-corrected chi connectivity index (χ4v) is 3.65. The van der Waals surface area contributed by atoms with Gasteiger partial charge in [0.2, 0.25) is 5.91 Å². The molecule has 1 unspecified atom stereocenters. The predicted octanol–water partition coefficient (Wildman–Crippen LogP) is 0.913. The minimum absolute atomic E-state index is 0.0950. The standard InChI is InChI=1S/C23H28N6O2/c1-5-15-7-9-25-13-18(15)20-12-16(17(6-2)21(24)27-20)11-14(3)26-23(31)28-19-8-10-29(4)22(19)30/h6-7,9,11-13,19H,3,5,8,10H2,1-2,4H3,(H2,24,27)(H2,26,28,31)/b16-11-,17-6+. The van der Waals surface area contributed by atoms with E-state index in [1.54, 1.807) is 30.4 Å². The molecule has 3 heterocycles. The molecule has 0 aromatic carbocycles. The van der Waals surface area contributed by atoms with Crippen LogP contribution in [0.5, 0.6) is 0 Å². The summed E-state index contributed by atoms with van der Waals surface area (Å²) in [6.07, 6.45) is 8.55. The van der Waals surface area contributed by atoms with E-state index in [1.165, 1.54) is 0 Å². The summed E-state index contributed by atoms with van der Waals surface area (Å²) in [5.74, 6) is 0.288. The first kappa shape index (κ1) is 22.0. The summed E-state index contributed by atoms with van der Waals surface area (Å²) in [6, 6.07) is 2.88. The number of nitrogens with two attached hydrogens (primary N) is 1. The second-order valence-electron chi connectivity index (χ2n) is 7.44. The third-order valence-electron chi connectivity index (χ3n) is 5.31. The maximum Gasteiger partial charge on any atom is 0.319 e. The molecule has 8 nitrogen and oxygen atoms in total. The van der Waals surface area contributed by atoms with E-state index in [1.807, 2.05) is 25.1 Å². The van der Waals surface area contributed by atoms with Gasteiger partial charge in [0, 0.05) is 42.5 Å². The van der Waals surface area contributed by atoms with E-state index >= 15 is 0 Å². The monoisotopic (exact) mass is 420 g/mol. The molecule has 162 valence electrons.